The lowest BCUT2D eigenvalue weighted by molar-refractivity contribution is 0.346. The number of aliphatic imine (C=N–C) groups is 1. The third kappa shape index (κ3) is 8.79. The van der Waals surface area contributed by atoms with Crippen molar-refractivity contribution in [2.45, 2.75) is 59.0 Å². The first-order valence-electron chi connectivity index (χ1n) is 5.77. The molecule has 0 amide bonds. The number of hydrogen-bond donors (Lipinski definition) is 2. The summed E-state index contributed by atoms with van der Waals surface area (Å²) in [6.45, 7) is 10.9. The summed E-state index contributed by atoms with van der Waals surface area (Å²) in [7, 11) is 0. The highest BCUT2D eigenvalue weighted by Crippen LogP contribution is 2.18. The molecule has 0 saturated carbocycles. The molecule has 2 nitrogen and oxygen atoms in total. The summed E-state index contributed by atoms with van der Waals surface area (Å²) in [5, 5.41) is 3.36. The van der Waals surface area contributed by atoms with Crippen LogP contribution in [0.3, 0.4) is 0 Å². The first-order chi connectivity index (χ1) is 6.87. The number of hydrogen-bond acceptors (Lipinski definition) is 2. The molecule has 0 spiro atoms. The maximum absolute atomic E-state index is 4.31. The van der Waals surface area contributed by atoms with Gasteiger partial charge in [0.15, 0.2) is 0 Å². The first-order valence-corrected chi connectivity index (χ1v) is 6.41. The summed E-state index contributed by atoms with van der Waals surface area (Å²) >= 11 is 4.26. The second-order valence-electron chi connectivity index (χ2n) is 5.22. The molecule has 0 bridgehead atoms. The van der Waals surface area contributed by atoms with Crippen molar-refractivity contribution in [2.24, 2.45) is 10.9 Å². The van der Waals surface area contributed by atoms with Crippen molar-refractivity contribution >= 4 is 19.0 Å². The topological polar surface area (TPSA) is 24.4 Å². The van der Waals surface area contributed by atoms with E-state index >= 15 is 0 Å². The third-order valence-corrected chi connectivity index (χ3v) is 2.57. The normalized spacial score (nSPS) is 14.9. The fourth-order valence-electron chi connectivity index (χ4n) is 1.61. The van der Waals surface area contributed by atoms with Crippen LogP contribution in [0.1, 0.15) is 47.5 Å². The lowest BCUT2D eigenvalue weighted by Gasteiger charge is -2.28. The maximum Gasteiger partial charge on any atom is 0.0831 e. The van der Waals surface area contributed by atoms with Crippen LogP contribution in [0.15, 0.2) is 4.99 Å². The molecule has 3 heteroatoms. The SMILES string of the molecule is CC(CCS)CC(C)(C)NC=NC(C)C. The summed E-state index contributed by atoms with van der Waals surface area (Å²) in [6, 6.07) is 0.364. The van der Waals surface area contributed by atoms with Crippen molar-refractivity contribution in [3.05, 3.63) is 0 Å². The molecule has 0 fully saturated rings. The van der Waals surface area contributed by atoms with Crippen LogP contribution in [0.4, 0.5) is 0 Å². The van der Waals surface area contributed by atoms with Gasteiger partial charge in [-0.25, -0.2) is 0 Å². The summed E-state index contributed by atoms with van der Waals surface area (Å²) in [5.41, 5.74) is 0.126. The zero-order valence-corrected chi connectivity index (χ0v) is 11.6. The van der Waals surface area contributed by atoms with Gasteiger partial charge in [-0.2, -0.15) is 12.6 Å². The molecule has 1 N–H and O–H groups in total. The minimum Gasteiger partial charge on any atom is -0.372 e. The van der Waals surface area contributed by atoms with Crippen LogP contribution in [-0.2, 0) is 0 Å². The van der Waals surface area contributed by atoms with Crippen molar-refractivity contribution in [3.8, 4) is 0 Å². The molecule has 0 aromatic heterocycles. The maximum atomic E-state index is 4.31. The van der Waals surface area contributed by atoms with Gasteiger partial charge in [0.05, 0.1) is 6.34 Å². The molecule has 0 heterocycles. The van der Waals surface area contributed by atoms with Gasteiger partial charge in [-0.15, -0.1) is 0 Å². The Balaban J connectivity index is 3.95. The molecule has 0 aliphatic heterocycles. The van der Waals surface area contributed by atoms with Crippen LogP contribution in [0.5, 0.6) is 0 Å². The average Bonchev–Trinajstić information content (AvgIpc) is 2.01. The van der Waals surface area contributed by atoms with Crippen LogP contribution < -0.4 is 5.32 Å². The Kier molecular flexibility index (Phi) is 7.07. The molecule has 0 rings (SSSR count). The van der Waals surface area contributed by atoms with E-state index in [9.17, 15) is 0 Å². The molecule has 90 valence electrons. The van der Waals surface area contributed by atoms with Gasteiger partial charge in [0.2, 0.25) is 0 Å². The predicted octanol–water partition coefficient (Wildman–Crippen LogP) is 3.14. The van der Waals surface area contributed by atoms with E-state index in [1.54, 1.807) is 0 Å². The van der Waals surface area contributed by atoms with E-state index < -0.39 is 0 Å². The largest absolute Gasteiger partial charge is 0.372 e. The zero-order chi connectivity index (χ0) is 11.9. The monoisotopic (exact) mass is 230 g/mol. The van der Waals surface area contributed by atoms with E-state index in [1.165, 1.54) is 6.42 Å². The van der Waals surface area contributed by atoms with Gasteiger partial charge in [-0.1, -0.05) is 6.92 Å². The molecule has 0 aliphatic carbocycles. The zero-order valence-electron chi connectivity index (χ0n) is 10.7. The average molecular weight is 230 g/mol. The minimum atomic E-state index is 0.126. The van der Waals surface area contributed by atoms with Crippen LogP contribution in [-0.4, -0.2) is 23.7 Å². The summed E-state index contributed by atoms with van der Waals surface area (Å²) in [5.74, 6) is 1.68. The van der Waals surface area contributed by atoms with Gasteiger partial charge in [0.1, 0.15) is 0 Å². The quantitative estimate of drug-likeness (QED) is 0.392. The van der Waals surface area contributed by atoms with Crippen LogP contribution in [0, 0.1) is 5.92 Å². The molecule has 0 saturated heterocycles. The minimum absolute atomic E-state index is 0.126. The smallest absolute Gasteiger partial charge is 0.0831 e. The standard InChI is InChI=1S/C12H26N2S/c1-10(2)13-9-14-12(4,5)8-11(3)6-7-15/h9-11,15H,6-8H2,1-5H3,(H,13,14). The fourth-order valence-corrected chi connectivity index (χ4v) is 2.05. The van der Waals surface area contributed by atoms with E-state index in [2.05, 4.69) is 57.6 Å². The van der Waals surface area contributed by atoms with Gasteiger partial charge in [0, 0.05) is 11.6 Å². The van der Waals surface area contributed by atoms with Gasteiger partial charge in [-0.3, -0.25) is 4.99 Å². The summed E-state index contributed by atoms with van der Waals surface area (Å²) in [4.78, 5) is 4.31. The van der Waals surface area contributed by atoms with Crippen LogP contribution in [0.2, 0.25) is 0 Å². The van der Waals surface area contributed by atoms with E-state index in [0.717, 1.165) is 12.2 Å². The van der Waals surface area contributed by atoms with Crippen molar-refractivity contribution in [1.29, 1.82) is 0 Å². The Hall–Kier alpha value is -0.180. The molecular formula is C12H26N2S. The highest BCUT2D eigenvalue weighted by molar-refractivity contribution is 7.80. The number of rotatable bonds is 7. The molecule has 1 atom stereocenters. The van der Waals surface area contributed by atoms with Gasteiger partial charge >= 0.3 is 0 Å². The van der Waals surface area contributed by atoms with E-state index in [4.69, 9.17) is 0 Å². The predicted molar refractivity (Wildman–Crippen MR) is 73.1 cm³/mol. The highest BCUT2D eigenvalue weighted by Gasteiger charge is 2.18. The van der Waals surface area contributed by atoms with E-state index in [-0.39, 0.29) is 5.54 Å². The highest BCUT2D eigenvalue weighted by atomic mass is 32.1. The molecule has 15 heavy (non-hydrogen) atoms. The molecular weight excluding hydrogens is 204 g/mol. The fraction of sp³-hybridized carbons (Fsp3) is 0.917. The lowest BCUT2D eigenvalue weighted by atomic mass is 9.90. The summed E-state index contributed by atoms with van der Waals surface area (Å²) < 4.78 is 0. The molecule has 0 aromatic rings. The molecule has 0 radical (unpaired) electrons. The van der Waals surface area contributed by atoms with Gasteiger partial charge in [-0.05, 0) is 52.2 Å². The number of nitrogens with zero attached hydrogens (tertiary/aromatic N) is 1. The number of nitrogens with one attached hydrogen (secondary N) is 1. The second kappa shape index (κ2) is 7.15. The molecule has 0 aliphatic rings. The lowest BCUT2D eigenvalue weighted by Crippen LogP contribution is -2.40. The van der Waals surface area contributed by atoms with Gasteiger partial charge < -0.3 is 5.32 Å². The van der Waals surface area contributed by atoms with E-state index in [0.29, 0.717) is 12.0 Å². The van der Waals surface area contributed by atoms with Crippen LogP contribution in [0.25, 0.3) is 0 Å². The van der Waals surface area contributed by atoms with Crippen molar-refractivity contribution < 1.29 is 0 Å². The van der Waals surface area contributed by atoms with Crippen molar-refractivity contribution in [2.75, 3.05) is 5.75 Å². The van der Waals surface area contributed by atoms with Gasteiger partial charge in [0.25, 0.3) is 0 Å². The Morgan fingerprint density at radius 1 is 1.33 bits per heavy atom. The van der Waals surface area contributed by atoms with Crippen LogP contribution >= 0.6 is 12.6 Å². The Labute approximate surface area is 100 Å². The Morgan fingerprint density at radius 3 is 2.40 bits per heavy atom. The molecule has 1 unspecified atom stereocenters. The molecule has 0 aromatic carbocycles. The summed E-state index contributed by atoms with van der Waals surface area (Å²) in [6.07, 6.45) is 4.17. The van der Waals surface area contributed by atoms with Crippen molar-refractivity contribution in [3.63, 3.8) is 0 Å². The Bertz CT molecular complexity index is 188. The van der Waals surface area contributed by atoms with E-state index in [1.807, 2.05) is 6.34 Å². The Morgan fingerprint density at radius 2 is 1.93 bits per heavy atom. The third-order valence-electron chi connectivity index (χ3n) is 2.31. The number of thiol groups is 1. The first kappa shape index (κ1) is 14.8. The van der Waals surface area contributed by atoms with Crippen molar-refractivity contribution in [1.82, 2.24) is 5.32 Å². The second-order valence-corrected chi connectivity index (χ2v) is 5.67.